The van der Waals surface area contributed by atoms with Gasteiger partial charge < -0.3 is 25.8 Å². The highest BCUT2D eigenvalue weighted by Crippen LogP contribution is 2.37. The molecule has 284 valence electrons. The van der Waals surface area contributed by atoms with Crippen molar-refractivity contribution >= 4 is 17.6 Å². The number of unbranched alkanes of at least 4 members (excludes halogenated alkanes) is 11. The minimum atomic E-state index is 0.0572. The van der Waals surface area contributed by atoms with E-state index in [0.29, 0.717) is 12.1 Å². The molecular formula is C42H81N7. The van der Waals surface area contributed by atoms with Gasteiger partial charge in [-0.2, -0.15) is 9.97 Å². The van der Waals surface area contributed by atoms with Crippen LogP contribution in [-0.2, 0) is 0 Å². The summed E-state index contributed by atoms with van der Waals surface area (Å²) in [5.41, 5.74) is 0.253. The van der Waals surface area contributed by atoms with E-state index in [9.17, 15) is 0 Å². The fourth-order valence-corrected chi connectivity index (χ4v) is 9.21. The largest absolute Gasteiger partial charge is 0.370 e. The highest BCUT2D eigenvalue weighted by atomic mass is 15.3. The van der Waals surface area contributed by atoms with Gasteiger partial charge >= 0.3 is 0 Å². The van der Waals surface area contributed by atoms with Crippen molar-refractivity contribution in [2.75, 3.05) is 34.8 Å². The average Bonchev–Trinajstić information content (AvgIpc) is 2.97. The zero-order valence-electron chi connectivity index (χ0n) is 34.4. The fraction of sp³-hybridized carbons (Fsp3) is 0.905. The van der Waals surface area contributed by atoms with Gasteiger partial charge in [-0.15, -0.1) is 0 Å². The molecule has 0 aliphatic carbocycles. The molecule has 0 aromatic carbocycles. The Hall–Kier alpha value is -1.60. The van der Waals surface area contributed by atoms with Gasteiger partial charge in [0.1, 0.15) is 11.6 Å². The van der Waals surface area contributed by atoms with Crippen LogP contribution in [0.15, 0.2) is 6.07 Å². The molecule has 0 unspecified atom stereocenters. The van der Waals surface area contributed by atoms with Crippen molar-refractivity contribution < 1.29 is 0 Å². The Labute approximate surface area is 304 Å². The van der Waals surface area contributed by atoms with Gasteiger partial charge in [-0.25, -0.2) is 0 Å². The predicted molar refractivity (Wildman–Crippen MR) is 216 cm³/mol. The molecule has 0 bridgehead atoms. The van der Waals surface area contributed by atoms with Gasteiger partial charge in [0.25, 0.3) is 0 Å². The summed E-state index contributed by atoms with van der Waals surface area (Å²) in [4.78, 5) is 16.3. The predicted octanol–water partition coefficient (Wildman–Crippen LogP) is 10.6. The van der Waals surface area contributed by atoms with E-state index in [2.05, 4.69) is 108 Å². The van der Waals surface area contributed by atoms with Crippen LogP contribution >= 0.6 is 0 Å². The molecule has 2 saturated heterocycles. The van der Waals surface area contributed by atoms with Crippen LogP contribution in [0.25, 0.3) is 0 Å². The molecule has 3 rings (SSSR count). The number of piperidine rings is 2. The second kappa shape index (κ2) is 19.3. The summed E-state index contributed by atoms with van der Waals surface area (Å²) >= 11 is 0. The lowest BCUT2D eigenvalue weighted by Gasteiger charge is -2.50. The normalized spacial score (nSPS) is 20.3. The maximum absolute atomic E-state index is 5.62. The standard InChI is InChI=1S/C42H81N7/c1-12-15-18-20-22-24-27-48(34-30-39(4,5)46-40(6,7)31-34)37-29-36(43-26-17-14-3)44-38(45-37)49(28-25-23-21-19-16-13-2)35-32-41(8,9)47-42(10,11)33-35/h29,34-35,46-47H,12-28,30-33H2,1-11H3,(H,43,44,45). The topological polar surface area (TPSA) is 68.3 Å². The summed E-state index contributed by atoms with van der Waals surface area (Å²) < 4.78 is 0. The van der Waals surface area contributed by atoms with E-state index in [-0.39, 0.29) is 22.2 Å². The number of nitrogens with one attached hydrogen (secondary N) is 3. The Bertz CT molecular complexity index is 973. The highest BCUT2D eigenvalue weighted by Gasteiger charge is 2.42. The molecule has 0 radical (unpaired) electrons. The second-order valence-corrected chi connectivity index (χ2v) is 18.5. The maximum atomic E-state index is 5.62. The lowest BCUT2D eigenvalue weighted by molar-refractivity contribution is 0.157. The number of aromatic nitrogens is 2. The van der Waals surface area contributed by atoms with Crippen LogP contribution in [0.1, 0.15) is 192 Å². The molecule has 2 aliphatic rings. The van der Waals surface area contributed by atoms with Gasteiger partial charge in [-0.1, -0.05) is 91.4 Å². The summed E-state index contributed by atoms with van der Waals surface area (Å²) in [7, 11) is 0. The maximum Gasteiger partial charge on any atom is 0.229 e. The average molecular weight is 684 g/mol. The summed E-state index contributed by atoms with van der Waals surface area (Å²) in [6.07, 6.45) is 22.3. The molecule has 1 aromatic heterocycles. The molecule has 0 saturated carbocycles. The molecule has 0 atom stereocenters. The van der Waals surface area contributed by atoms with Gasteiger partial charge in [0.15, 0.2) is 0 Å². The van der Waals surface area contributed by atoms with E-state index in [4.69, 9.17) is 9.97 Å². The fourth-order valence-electron chi connectivity index (χ4n) is 9.21. The third kappa shape index (κ3) is 14.5. The van der Waals surface area contributed by atoms with E-state index in [1.807, 2.05) is 0 Å². The zero-order chi connectivity index (χ0) is 36.1. The molecule has 7 nitrogen and oxygen atoms in total. The molecule has 3 N–H and O–H groups in total. The van der Waals surface area contributed by atoms with E-state index < -0.39 is 0 Å². The van der Waals surface area contributed by atoms with Crippen molar-refractivity contribution in [2.45, 2.75) is 226 Å². The number of hydrogen-bond acceptors (Lipinski definition) is 7. The minimum absolute atomic E-state index is 0.0572. The van der Waals surface area contributed by atoms with Crippen molar-refractivity contribution in [2.24, 2.45) is 0 Å². The Morgan fingerprint density at radius 2 is 0.980 bits per heavy atom. The monoisotopic (exact) mass is 684 g/mol. The van der Waals surface area contributed by atoms with Crippen LogP contribution in [0.3, 0.4) is 0 Å². The van der Waals surface area contributed by atoms with Crippen LogP contribution in [-0.4, -0.2) is 63.8 Å². The molecular weight excluding hydrogens is 603 g/mol. The van der Waals surface area contributed by atoms with Crippen molar-refractivity contribution in [3.05, 3.63) is 6.07 Å². The van der Waals surface area contributed by atoms with Crippen LogP contribution in [0.5, 0.6) is 0 Å². The highest BCUT2D eigenvalue weighted by molar-refractivity contribution is 5.55. The first-order chi connectivity index (χ1) is 23.1. The third-order valence-corrected chi connectivity index (χ3v) is 10.8. The Balaban J connectivity index is 2.05. The first kappa shape index (κ1) is 41.8. The zero-order valence-corrected chi connectivity index (χ0v) is 34.4. The second-order valence-electron chi connectivity index (χ2n) is 18.5. The van der Waals surface area contributed by atoms with Crippen molar-refractivity contribution in [3.63, 3.8) is 0 Å². The molecule has 0 spiro atoms. The molecule has 0 amide bonds. The van der Waals surface area contributed by atoms with Gasteiger partial charge in [0.2, 0.25) is 5.95 Å². The number of hydrogen-bond donors (Lipinski definition) is 3. The summed E-state index contributed by atoms with van der Waals surface area (Å²) in [5.74, 6) is 3.05. The molecule has 2 fully saturated rings. The van der Waals surface area contributed by atoms with E-state index in [1.54, 1.807) is 0 Å². The summed E-state index contributed by atoms with van der Waals surface area (Å²) in [6.45, 7) is 28.9. The number of nitrogens with zero attached hydrogens (tertiary/aromatic N) is 4. The Morgan fingerprint density at radius 3 is 1.45 bits per heavy atom. The molecule has 1 aromatic rings. The minimum Gasteiger partial charge on any atom is -0.370 e. The quantitative estimate of drug-likeness (QED) is 0.105. The van der Waals surface area contributed by atoms with Crippen LogP contribution in [0.2, 0.25) is 0 Å². The van der Waals surface area contributed by atoms with Crippen LogP contribution in [0.4, 0.5) is 17.6 Å². The number of anilines is 3. The smallest absolute Gasteiger partial charge is 0.229 e. The lowest BCUT2D eigenvalue weighted by atomic mass is 9.79. The van der Waals surface area contributed by atoms with Crippen molar-refractivity contribution in [1.82, 2.24) is 20.6 Å². The van der Waals surface area contributed by atoms with Gasteiger partial charge in [-0.05, 0) is 100 Å². The lowest BCUT2D eigenvalue weighted by Crippen LogP contribution is -2.62. The summed E-state index contributed by atoms with van der Waals surface area (Å²) in [6, 6.07) is 3.11. The number of rotatable bonds is 22. The summed E-state index contributed by atoms with van der Waals surface area (Å²) in [5, 5.41) is 11.6. The third-order valence-electron chi connectivity index (χ3n) is 10.8. The van der Waals surface area contributed by atoms with Crippen LogP contribution in [0, 0.1) is 0 Å². The van der Waals surface area contributed by atoms with E-state index in [1.165, 1.54) is 83.5 Å². The molecule has 49 heavy (non-hydrogen) atoms. The molecule has 7 heteroatoms. The van der Waals surface area contributed by atoms with Gasteiger partial charge in [-0.3, -0.25) is 0 Å². The van der Waals surface area contributed by atoms with E-state index in [0.717, 1.165) is 69.3 Å². The van der Waals surface area contributed by atoms with Gasteiger partial charge in [0.05, 0.1) is 0 Å². The van der Waals surface area contributed by atoms with Crippen molar-refractivity contribution in [1.29, 1.82) is 0 Å². The van der Waals surface area contributed by atoms with E-state index >= 15 is 0 Å². The van der Waals surface area contributed by atoms with Crippen LogP contribution < -0.4 is 25.8 Å². The SMILES string of the molecule is CCCCCCCCN(c1cc(NCCCC)nc(N(CCCCCCCC)C2CC(C)(C)NC(C)(C)C2)n1)C1CC(C)(C)NC(C)(C)C1. The first-order valence-corrected chi connectivity index (χ1v) is 20.8. The Kier molecular flexibility index (Phi) is 16.5. The van der Waals surface area contributed by atoms with Gasteiger partial charge in [0, 0.05) is 59.9 Å². The Morgan fingerprint density at radius 1 is 0.571 bits per heavy atom. The first-order valence-electron chi connectivity index (χ1n) is 20.8. The molecule has 3 heterocycles. The molecule has 2 aliphatic heterocycles. The van der Waals surface area contributed by atoms with Crippen molar-refractivity contribution in [3.8, 4) is 0 Å².